The average molecular weight is 779 g/mol. The summed E-state index contributed by atoms with van der Waals surface area (Å²) in [6.07, 6.45) is 3.80. The third kappa shape index (κ3) is 5.20. The van der Waals surface area contributed by atoms with Gasteiger partial charge in [0.2, 0.25) is 0 Å². The minimum Gasteiger partial charge on any atom is -0.294 e. The van der Waals surface area contributed by atoms with Gasteiger partial charge in [-0.1, -0.05) is 151 Å². The molecular formula is C54H46N4Si. The highest BCUT2D eigenvalue weighted by Crippen LogP contribution is 2.38. The molecule has 0 atom stereocenters. The van der Waals surface area contributed by atoms with Crippen molar-refractivity contribution in [2.45, 2.75) is 52.4 Å². The van der Waals surface area contributed by atoms with Crippen LogP contribution in [0.15, 0.2) is 170 Å². The third-order valence-corrected chi connectivity index (χ3v) is 17.7. The highest BCUT2D eigenvalue weighted by Gasteiger charge is 2.50. The monoisotopic (exact) mass is 778 g/mol. The quantitative estimate of drug-likeness (QED) is 0.167. The fourth-order valence-corrected chi connectivity index (χ4v) is 15.1. The summed E-state index contributed by atoms with van der Waals surface area (Å²) in [5.74, 6) is 1.84. The number of aromatic nitrogens is 4. The van der Waals surface area contributed by atoms with Crippen molar-refractivity contribution in [1.82, 2.24) is 19.1 Å². The minimum atomic E-state index is -3.04. The van der Waals surface area contributed by atoms with Gasteiger partial charge in [-0.2, -0.15) is 0 Å². The van der Waals surface area contributed by atoms with E-state index in [-0.39, 0.29) is 10.8 Å². The fraction of sp³-hybridized carbons (Fsp3) is 0.148. The molecule has 1 aliphatic heterocycles. The first-order valence-electron chi connectivity index (χ1n) is 20.7. The van der Waals surface area contributed by atoms with Gasteiger partial charge in [0.05, 0.1) is 22.1 Å². The molecule has 10 aromatic rings. The number of pyridine rings is 2. The van der Waals surface area contributed by atoms with Crippen molar-refractivity contribution in [3.8, 4) is 22.8 Å². The Bertz CT molecular complexity index is 3060. The Hall–Kier alpha value is -6.56. The predicted molar refractivity (Wildman–Crippen MR) is 251 cm³/mol. The lowest BCUT2D eigenvalue weighted by Crippen LogP contribution is -2.72. The summed E-state index contributed by atoms with van der Waals surface area (Å²) in [6, 6.07) is 59.5. The van der Waals surface area contributed by atoms with E-state index in [1.54, 1.807) is 0 Å². The van der Waals surface area contributed by atoms with E-state index in [9.17, 15) is 0 Å². The molecule has 4 nitrogen and oxygen atoms in total. The van der Waals surface area contributed by atoms with Crippen LogP contribution in [0.25, 0.3) is 66.4 Å². The lowest BCUT2D eigenvalue weighted by atomic mass is 9.83. The molecule has 0 N–H and O–H groups in total. The maximum absolute atomic E-state index is 4.92. The third-order valence-electron chi connectivity index (χ3n) is 12.8. The molecule has 5 heteroatoms. The second-order valence-corrected chi connectivity index (χ2v) is 22.0. The van der Waals surface area contributed by atoms with Gasteiger partial charge in [-0.05, 0) is 102 Å². The molecule has 0 radical (unpaired) electrons. The highest BCUT2D eigenvalue weighted by atomic mass is 28.3. The minimum absolute atomic E-state index is 0.00526. The summed E-state index contributed by atoms with van der Waals surface area (Å²) in [4.78, 5) is 9.84. The van der Waals surface area contributed by atoms with E-state index in [1.165, 1.54) is 75.6 Å². The van der Waals surface area contributed by atoms with Crippen molar-refractivity contribution in [2.75, 3.05) is 0 Å². The zero-order valence-corrected chi connectivity index (χ0v) is 35.5. The van der Waals surface area contributed by atoms with Crippen LogP contribution in [0, 0.1) is 0 Å². The second kappa shape index (κ2) is 12.7. The Morgan fingerprint density at radius 3 is 1.20 bits per heavy atom. The molecule has 0 spiro atoms. The first-order valence-corrected chi connectivity index (χ1v) is 22.7. The summed E-state index contributed by atoms with van der Waals surface area (Å²) in [5, 5.41) is 10.5. The molecule has 286 valence electrons. The van der Waals surface area contributed by atoms with Crippen molar-refractivity contribution < 1.29 is 0 Å². The van der Waals surface area contributed by atoms with Gasteiger partial charge in [0, 0.05) is 33.9 Å². The Labute approximate surface area is 346 Å². The number of rotatable bonds is 4. The van der Waals surface area contributed by atoms with E-state index < -0.39 is 8.07 Å². The van der Waals surface area contributed by atoms with Gasteiger partial charge < -0.3 is 0 Å². The van der Waals surface area contributed by atoms with Crippen LogP contribution in [-0.4, -0.2) is 27.2 Å². The fourth-order valence-electron chi connectivity index (χ4n) is 9.93. The van der Waals surface area contributed by atoms with Crippen molar-refractivity contribution in [1.29, 1.82) is 0 Å². The zero-order valence-electron chi connectivity index (χ0n) is 34.5. The lowest BCUT2D eigenvalue weighted by Gasteiger charge is -2.32. The summed E-state index contributed by atoms with van der Waals surface area (Å²) in [5.41, 5.74) is 10.1. The first-order chi connectivity index (χ1) is 28.5. The Kier molecular flexibility index (Phi) is 7.67. The number of fused-ring (bicyclic) bond motifs is 9. The molecule has 5 heterocycles. The lowest BCUT2D eigenvalue weighted by molar-refractivity contribution is 0.589. The SMILES string of the molecule is CC(C)(C)c1ccc2c(c1)-c1cc(C(C)(C)C)ccc1[Si]2(c1ccc2c3ccccc3n(-c3ccccn3)c2c1)c1ccc2c3ccccc3n(-c3ccccn3)c2c1. The topological polar surface area (TPSA) is 35.6 Å². The van der Waals surface area contributed by atoms with Crippen LogP contribution in [0.4, 0.5) is 0 Å². The van der Waals surface area contributed by atoms with Gasteiger partial charge in [0.1, 0.15) is 11.6 Å². The van der Waals surface area contributed by atoms with E-state index in [0.29, 0.717) is 0 Å². The van der Waals surface area contributed by atoms with E-state index in [2.05, 4.69) is 196 Å². The standard InChI is InChI=1S/C54H46N4Si/c1-53(2,3)35-21-27-49-43(31-35)44-32-36(54(4,5)6)22-28-50(44)59(49,37-23-25-41-39-15-7-9-17-45(39)57(47(41)33-37)51-19-11-13-29-55-51)38-24-26-42-40-16-8-10-18-46(40)58(48(42)34-38)52-20-12-14-30-56-52/h7-34H,1-6H3. The van der Waals surface area contributed by atoms with Crippen LogP contribution in [0.2, 0.25) is 0 Å². The van der Waals surface area contributed by atoms with Crippen LogP contribution in [-0.2, 0) is 10.8 Å². The Balaban J connectivity index is 1.31. The zero-order chi connectivity index (χ0) is 40.3. The van der Waals surface area contributed by atoms with Crippen molar-refractivity contribution >= 4 is 72.4 Å². The number of para-hydroxylation sites is 2. The maximum atomic E-state index is 4.92. The van der Waals surface area contributed by atoms with Crippen molar-refractivity contribution in [2.24, 2.45) is 0 Å². The molecule has 1 aliphatic rings. The highest BCUT2D eigenvalue weighted by molar-refractivity contribution is 7.22. The van der Waals surface area contributed by atoms with E-state index >= 15 is 0 Å². The normalized spacial score (nSPS) is 13.7. The van der Waals surface area contributed by atoms with Crippen LogP contribution >= 0.6 is 0 Å². The molecule has 0 saturated heterocycles. The van der Waals surface area contributed by atoms with Crippen LogP contribution in [0.1, 0.15) is 52.7 Å². The molecule has 59 heavy (non-hydrogen) atoms. The molecule has 0 aliphatic carbocycles. The molecule has 6 aromatic carbocycles. The number of benzene rings is 6. The van der Waals surface area contributed by atoms with Crippen LogP contribution in [0.5, 0.6) is 0 Å². The van der Waals surface area contributed by atoms with Crippen LogP contribution < -0.4 is 20.7 Å². The Morgan fingerprint density at radius 2 is 0.797 bits per heavy atom. The van der Waals surface area contributed by atoms with Crippen molar-refractivity contribution in [3.63, 3.8) is 0 Å². The molecule has 0 fully saturated rings. The molecule has 0 bridgehead atoms. The molecule has 4 aromatic heterocycles. The number of hydrogen-bond acceptors (Lipinski definition) is 2. The van der Waals surface area contributed by atoms with Gasteiger partial charge in [0.15, 0.2) is 8.07 Å². The number of nitrogens with zero attached hydrogens (tertiary/aromatic N) is 4. The summed E-state index contributed by atoms with van der Waals surface area (Å²) < 4.78 is 4.72. The molecular weight excluding hydrogens is 733 g/mol. The first kappa shape index (κ1) is 35.6. The van der Waals surface area contributed by atoms with Crippen molar-refractivity contribution in [3.05, 3.63) is 181 Å². The van der Waals surface area contributed by atoms with Gasteiger partial charge in [-0.25, -0.2) is 9.97 Å². The van der Waals surface area contributed by atoms with E-state index in [0.717, 1.165) is 22.7 Å². The Morgan fingerprint density at radius 1 is 0.390 bits per heavy atom. The molecule has 0 saturated carbocycles. The molecule has 0 unspecified atom stereocenters. The van der Waals surface area contributed by atoms with Gasteiger partial charge in [-0.15, -0.1) is 0 Å². The van der Waals surface area contributed by atoms with E-state index in [1.807, 2.05) is 24.5 Å². The maximum Gasteiger partial charge on any atom is 0.181 e. The smallest absolute Gasteiger partial charge is 0.181 e. The largest absolute Gasteiger partial charge is 0.294 e. The summed E-state index contributed by atoms with van der Waals surface area (Å²) in [6.45, 7) is 14.0. The molecule has 0 amide bonds. The second-order valence-electron chi connectivity index (χ2n) is 18.3. The number of hydrogen-bond donors (Lipinski definition) is 0. The molecule has 11 rings (SSSR count). The van der Waals surface area contributed by atoms with E-state index in [4.69, 9.17) is 9.97 Å². The predicted octanol–water partition coefficient (Wildman–Crippen LogP) is 10.6. The van der Waals surface area contributed by atoms with Gasteiger partial charge >= 0.3 is 0 Å². The summed E-state index contributed by atoms with van der Waals surface area (Å²) >= 11 is 0. The van der Waals surface area contributed by atoms with Crippen LogP contribution in [0.3, 0.4) is 0 Å². The summed E-state index contributed by atoms with van der Waals surface area (Å²) in [7, 11) is -3.04. The van der Waals surface area contributed by atoms with Gasteiger partial charge in [0.25, 0.3) is 0 Å². The van der Waals surface area contributed by atoms with Gasteiger partial charge in [-0.3, -0.25) is 9.13 Å². The average Bonchev–Trinajstić information content (AvgIpc) is 3.87.